The summed E-state index contributed by atoms with van der Waals surface area (Å²) >= 11 is 0. The van der Waals surface area contributed by atoms with Crippen LogP contribution in [0.2, 0.25) is 0 Å². The summed E-state index contributed by atoms with van der Waals surface area (Å²) in [4.78, 5) is 0. The molecule has 0 atom stereocenters. The monoisotopic (exact) mass is 143 g/mol. The molecule has 0 spiro atoms. The maximum Gasteiger partial charge on any atom is 0.0159 e. The molecule has 1 heteroatoms. The van der Waals surface area contributed by atoms with Gasteiger partial charge in [0.1, 0.15) is 0 Å². The van der Waals surface area contributed by atoms with Crippen LogP contribution in [0.1, 0.15) is 34.1 Å². The molecule has 0 amide bonds. The van der Waals surface area contributed by atoms with Crippen LogP contribution in [0.4, 0.5) is 0 Å². The summed E-state index contributed by atoms with van der Waals surface area (Å²) in [6, 6.07) is 0. The van der Waals surface area contributed by atoms with Crippen molar-refractivity contribution in [3.63, 3.8) is 0 Å². The van der Waals surface area contributed by atoms with Gasteiger partial charge >= 0.3 is 0 Å². The lowest BCUT2D eigenvalue weighted by Crippen LogP contribution is -2.16. The molecule has 1 N–H and O–H groups in total. The summed E-state index contributed by atoms with van der Waals surface area (Å²) in [5.41, 5.74) is 1.21. The third kappa shape index (κ3) is 15.6. The second kappa shape index (κ2) is 11.5. The van der Waals surface area contributed by atoms with E-state index in [0.29, 0.717) is 0 Å². The number of hydrogen-bond acceptors (Lipinski definition) is 1. The molecule has 0 rings (SSSR count). The standard InChI is InChI=1S/C7H15N.C2H6/c1-4-5-8-6-7(2)3;1-2/h8H,2,4-6H2,1,3H3;1-2H3. The number of hydrogen-bond donors (Lipinski definition) is 1. The first-order chi connectivity index (χ1) is 4.77. The van der Waals surface area contributed by atoms with Crippen LogP contribution in [-0.2, 0) is 0 Å². The Kier molecular flexibility index (Phi) is 14.2. The molecule has 0 unspecified atom stereocenters. The maximum absolute atomic E-state index is 3.76. The molecule has 0 aliphatic carbocycles. The second-order valence-electron chi connectivity index (χ2n) is 2.13. The molecular formula is C9H21N. The summed E-state index contributed by atoms with van der Waals surface area (Å²) in [5.74, 6) is 0. The smallest absolute Gasteiger partial charge is 0.0159 e. The Labute approximate surface area is 65.5 Å². The Hall–Kier alpha value is -0.300. The summed E-state index contributed by atoms with van der Waals surface area (Å²) in [6.45, 7) is 14.0. The topological polar surface area (TPSA) is 12.0 Å². The molecule has 10 heavy (non-hydrogen) atoms. The fourth-order valence-corrected chi connectivity index (χ4v) is 0.479. The van der Waals surface area contributed by atoms with Crippen molar-refractivity contribution in [2.24, 2.45) is 0 Å². The highest BCUT2D eigenvalue weighted by atomic mass is 14.8. The minimum absolute atomic E-state index is 0.966. The highest BCUT2D eigenvalue weighted by Crippen LogP contribution is 1.80. The highest BCUT2D eigenvalue weighted by molar-refractivity contribution is 4.90. The normalized spacial score (nSPS) is 8.00. The van der Waals surface area contributed by atoms with E-state index in [1.54, 1.807) is 0 Å². The van der Waals surface area contributed by atoms with Gasteiger partial charge in [-0.05, 0) is 19.9 Å². The predicted molar refractivity (Wildman–Crippen MR) is 49.3 cm³/mol. The molecule has 0 saturated carbocycles. The summed E-state index contributed by atoms with van der Waals surface area (Å²) < 4.78 is 0. The van der Waals surface area contributed by atoms with Crippen LogP contribution in [0, 0.1) is 0 Å². The van der Waals surface area contributed by atoms with E-state index in [-0.39, 0.29) is 0 Å². The van der Waals surface area contributed by atoms with Crippen molar-refractivity contribution >= 4 is 0 Å². The average Bonchev–Trinajstić information content (AvgIpc) is 1.92. The van der Waals surface area contributed by atoms with Gasteiger partial charge in [-0.1, -0.05) is 32.9 Å². The molecule has 0 aliphatic heterocycles. The van der Waals surface area contributed by atoms with Crippen LogP contribution >= 0.6 is 0 Å². The molecule has 0 aromatic rings. The van der Waals surface area contributed by atoms with Gasteiger partial charge in [0, 0.05) is 6.54 Å². The van der Waals surface area contributed by atoms with E-state index in [9.17, 15) is 0 Å². The third-order valence-corrected chi connectivity index (χ3v) is 0.854. The van der Waals surface area contributed by atoms with Crippen molar-refractivity contribution in [3.05, 3.63) is 12.2 Å². The van der Waals surface area contributed by atoms with Crippen LogP contribution < -0.4 is 5.32 Å². The van der Waals surface area contributed by atoms with Crippen molar-refractivity contribution in [1.29, 1.82) is 0 Å². The molecular weight excluding hydrogens is 122 g/mol. The van der Waals surface area contributed by atoms with Crippen molar-refractivity contribution in [2.45, 2.75) is 34.1 Å². The zero-order valence-corrected chi connectivity index (χ0v) is 7.83. The first-order valence-corrected chi connectivity index (χ1v) is 4.12. The molecule has 0 aromatic carbocycles. The van der Waals surface area contributed by atoms with Crippen LogP contribution in [0.5, 0.6) is 0 Å². The first-order valence-electron chi connectivity index (χ1n) is 4.12. The highest BCUT2D eigenvalue weighted by Gasteiger charge is 1.81. The Bertz CT molecular complexity index is 67.1. The van der Waals surface area contributed by atoms with Crippen LogP contribution in [0.25, 0.3) is 0 Å². The van der Waals surface area contributed by atoms with E-state index in [0.717, 1.165) is 13.1 Å². The molecule has 0 heterocycles. The van der Waals surface area contributed by atoms with E-state index in [1.807, 2.05) is 20.8 Å². The number of rotatable bonds is 4. The second-order valence-corrected chi connectivity index (χ2v) is 2.13. The van der Waals surface area contributed by atoms with Gasteiger partial charge in [0.2, 0.25) is 0 Å². The van der Waals surface area contributed by atoms with Gasteiger partial charge < -0.3 is 5.32 Å². The Morgan fingerprint density at radius 1 is 1.40 bits per heavy atom. The fraction of sp³-hybridized carbons (Fsp3) is 0.778. The molecule has 0 aliphatic rings. The largest absolute Gasteiger partial charge is 0.313 e. The van der Waals surface area contributed by atoms with Gasteiger partial charge in [0.15, 0.2) is 0 Å². The Morgan fingerprint density at radius 2 is 1.90 bits per heavy atom. The molecule has 0 aromatic heterocycles. The zero-order chi connectivity index (χ0) is 8.41. The van der Waals surface area contributed by atoms with E-state index >= 15 is 0 Å². The van der Waals surface area contributed by atoms with Crippen molar-refractivity contribution in [2.75, 3.05) is 13.1 Å². The van der Waals surface area contributed by atoms with Crippen molar-refractivity contribution in [1.82, 2.24) is 5.32 Å². The van der Waals surface area contributed by atoms with Gasteiger partial charge in [-0.25, -0.2) is 0 Å². The minimum atomic E-state index is 0.966. The van der Waals surface area contributed by atoms with Crippen LogP contribution in [0.3, 0.4) is 0 Å². The number of nitrogens with one attached hydrogen (secondary N) is 1. The molecule has 0 fully saturated rings. The quantitative estimate of drug-likeness (QED) is 0.471. The Morgan fingerprint density at radius 3 is 2.20 bits per heavy atom. The predicted octanol–water partition coefficient (Wildman–Crippen LogP) is 2.59. The van der Waals surface area contributed by atoms with E-state index in [2.05, 4.69) is 18.8 Å². The SMILES string of the molecule is C=C(C)CNCCC.CC. The lowest BCUT2D eigenvalue weighted by molar-refractivity contribution is 0.715. The fourth-order valence-electron chi connectivity index (χ4n) is 0.479. The maximum atomic E-state index is 3.76. The minimum Gasteiger partial charge on any atom is -0.313 e. The summed E-state index contributed by atoms with van der Waals surface area (Å²) in [7, 11) is 0. The molecule has 0 radical (unpaired) electrons. The average molecular weight is 143 g/mol. The molecule has 62 valence electrons. The van der Waals surface area contributed by atoms with Gasteiger partial charge in [-0.2, -0.15) is 0 Å². The summed E-state index contributed by atoms with van der Waals surface area (Å²) in [6.07, 6.45) is 1.20. The van der Waals surface area contributed by atoms with Gasteiger partial charge in [-0.15, -0.1) is 0 Å². The van der Waals surface area contributed by atoms with E-state index in [1.165, 1.54) is 12.0 Å². The van der Waals surface area contributed by atoms with Gasteiger partial charge in [-0.3, -0.25) is 0 Å². The van der Waals surface area contributed by atoms with Crippen molar-refractivity contribution < 1.29 is 0 Å². The van der Waals surface area contributed by atoms with E-state index < -0.39 is 0 Å². The molecule has 1 nitrogen and oxygen atoms in total. The van der Waals surface area contributed by atoms with Gasteiger partial charge in [0.05, 0.1) is 0 Å². The van der Waals surface area contributed by atoms with E-state index in [4.69, 9.17) is 0 Å². The lowest BCUT2D eigenvalue weighted by atomic mass is 10.3. The van der Waals surface area contributed by atoms with Gasteiger partial charge in [0.25, 0.3) is 0 Å². The van der Waals surface area contributed by atoms with Crippen LogP contribution in [0.15, 0.2) is 12.2 Å². The van der Waals surface area contributed by atoms with Crippen LogP contribution in [-0.4, -0.2) is 13.1 Å². The zero-order valence-electron chi connectivity index (χ0n) is 7.83. The molecule has 0 saturated heterocycles. The van der Waals surface area contributed by atoms with Crippen molar-refractivity contribution in [3.8, 4) is 0 Å². The lowest BCUT2D eigenvalue weighted by Gasteiger charge is -1.98. The summed E-state index contributed by atoms with van der Waals surface area (Å²) in [5, 5.41) is 3.23. The third-order valence-electron chi connectivity index (χ3n) is 0.854. The first kappa shape index (κ1) is 12.4. The Balaban J connectivity index is 0. The molecule has 0 bridgehead atoms.